The number of hydrogen-bond donors (Lipinski definition) is 1. The van der Waals surface area contributed by atoms with Gasteiger partial charge in [-0.15, -0.1) is 0 Å². The number of nitrogens with one attached hydrogen (secondary N) is 1. The van der Waals surface area contributed by atoms with Crippen molar-refractivity contribution in [1.29, 1.82) is 0 Å². The zero-order valence-corrected chi connectivity index (χ0v) is 14.6. The normalized spacial score (nSPS) is 19.5. The third-order valence-electron chi connectivity index (χ3n) is 4.29. The average Bonchev–Trinajstić information content (AvgIpc) is 3.09. The first-order valence-corrected chi connectivity index (χ1v) is 9.62. The maximum Gasteiger partial charge on any atom is 0.416 e. The molecule has 140 valence electrons. The summed E-state index contributed by atoms with van der Waals surface area (Å²) < 4.78 is 63.0. The zero-order valence-electron chi connectivity index (χ0n) is 13.7. The van der Waals surface area contributed by atoms with Gasteiger partial charge < -0.3 is 5.32 Å². The maximum atomic E-state index is 12.8. The highest BCUT2D eigenvalue weighted by Gasteiger charge is 2.32. The van der Waals surface area contributed by atoms with Gasteiger partial charge in [-0.05, 0) is 31.5 Å². The van der Waals surface area contributed by atoms with Gasteiger partial charge in [0.1, 0.15) is 0 Å². The van der Waals surface area contributed by atoms with Crippen LogP contribution in [0.15, 0.2) is 30.5 Å². The SMILES string of the molecule is Cc1c(C(=O)Nc2cccc(C(F)(F)F)c2)cnn1C1CCS(=O)(=O)C1. The molecule has 1 aliphatic rings. The number of amides is 1. The summed E-state index contributed by atoms with van der Waals surface area (Å²) in [5.41, 5.74) is -0.192. The van der Waals surface area contributed by atoms with Gasteiger partial charge in [0.2, 0.25) is 0 Å². The molecule has 3 rings (SSSR count). The Kier molecular flexibility index (Phi) is 4.55. The predicted octanol–water partition coefficient (Wildman–Crippen LogP) is 2.82. The monoisotopic (exact) mass is 387 g/mol. The van der Waals surface area contributed by atoms with Gasteiger partial charge >= 0.3 is 6.18 Å². The van der Waals surface area contributed by atoms with Crippen LogP contribution in [-0.4, -0.2) is 35.6 Å². The van der Waals surface area contributed by atoms with Gasteiger partial charge in [0.15, 0.2) is 9.84 Å². The first-order valence-electron chi connectivity index (χ1n) is 7.80. The summed E-state index contributed by atoms with van der Waals surface area (Å²) >= 11 is 0. The Bertz CT molecular complexity index is 951. The fourth-order valence-corrected chi connectivity index (χ4v) is 4.65. The Morgan fingerprint density at radius 1 is 1.35 bits per heavy atom. The van der Waals surface area contributed by atoms with E-state index in [0.29, 0.717) is 12.1 Å². The quantitative estimate of drug-likeness (QED) is 0.878. The van der Waals surface area contributed by atoms with E-state index in [4.69, 9.17) is 0 Å². The van der Waals surface area contributed by atoms with E-state index in [1.165, 1.54) is 23.0 Å². The molecule has 0 spiro atoms. The second-order valence-corrected chi connectivity index (χ2v) is 8.41. The van der Waals surface area contributed by atoms with Crippen molar-refractivity contribution < 1.29 is 26.4 Å². The lowest BCUT2D eigenvalue weighted by atomic mass is 10.1. The van der Waals surface area contributed by atoms with E-state index in [0.717, 1.165) is 12.1 Å². The first kappa shape index (κ1) is 18.4. The van der Waals surface area contributed by atoms with Gasteiger partial charge in [-0.3, -0.25) is 9.48 Å². The number of hydrogen-bond acceptors (Lipinski definition) is 4. The number of rotatable bonds is 3. The summed E-state index contributed by atoms with van der Waals surface area (Å²) in [6, 6.07) is 3.99. The van der Waals surface area contributed by atoms with Crippen LogP contribution in [0.4, 0.5) is 18.9 Å². The molecule has 1 fully saturated rings. The number of halogens is 3. The van der Waals surface area contributed by atoms with Crippen molar-refractivity contribution in [3.05, 3.63) is 47.3 Å². The molecule has 2 aromatic rings. The van der Waals surface area contributed by atoms with Crippen LogP contribution < -0.4 is 5.32 Å². The molecule has 1 aromatic heterocycles. The van der Waals surface area contributed by atoms with Crippen LogP contribution in [0.25, 0.3) is 0 Å². The minimum absolute atomic E-state index is 0.0143. The number of carbonyl (C=O) groups is 1. The van der Waals surface area contributed by atoms with E-state index in [2.05, 4.69) is 10.4 Å². The minimum Gasteiger partial charge on any atom is -0.322 e. The number of carbonyl (C=O) groups excluding carboxylic acids is 1. The van der Waals surface area contributed by atoms with Crippen LogP contribution in [0.1, 0.15) is 34.1 Å². The lowest BCUT2D eigenvalue weighted by Crippen LogP contribution is -2.17. The Hall–Kier alpha value is -2.36. The predicted molar refractivity (Wildman–Crippen MR) is 88.7 cm³/mol. The molecular formula is C16H16F3N3O3S. The van der Waals surface area contributed by atoms with Crippen LogP contribution in [0.5, 0.6) is 0 Å². The van der Waals surface area contributed by atoms with E-state index < -0.39 is 27.5 Å². The number of nitrogens with zero attached hydrogens (tertiary/aromatic N) is 2. The van der Waals surface area contributed by atoms with Crippen LogP contribution in [0.2, 0.25) is 0 Å². The van der Waals surface area contributed by atoms with Crippen molar-refractivity contribution in [2.45, 2.75) is 25.6 Å². The molecule has 1 saturated heterocycles. The van der Waals surface area contributed by atoms with Crippen LogP contribution >= 0.6 is 0 Å². The van der Waals surface area contributed by atoms with Crippen LogP contribution in [0, 0.1) is 6.92 Å². The number of alkyl halides is 3. The molecule has 10 heteroatoms. The van der Waals surface area contributed by atoms with Gasteiger partial charge in [-0.25, -0.2) is 8.42 Å². The van der Waals surface area contributed by atoms with Gasteiger partial charge in [-0.1, -0.05) is 6.07 Å². The second-order valence-electron chi connectivity index (χ2n) is 6.18. The largest absolute Gasteiger partial charge is 0.416 e. The Labute approximate surface area is 147 Å². The van der Waals surface area contributed by atoms with E-state index in [9.17, 15) is 26.4 Å². The molecular weight excluding hydrogens is 371 g/mol. The molecule has 0 aliphatic carbocycles. The third kappa shape index (κ3) is 3.74. The van der Waals surface area contributed by atoms with Crippen molar-refractivity contribution in [1.82, 2.24) is 9.78 Å². The standard InChI is InChI=1S/C16H16F3N3O3S/c1-10-14(8-20-22(10)13-5-6-26(24,25)9-13)15(23)21-12-4-2-3-11(7-12)16(17,18)19/h2-4,7-8,13H,5-6,9H2,1H3,(H,21,23). The van der Waals surface area contributed by atoms with Gasteiger partial charge in [0.05, 0.1) is 34.9 Å². The third-order valence-corrected chi connectivity index (χ3v) is 6.04. The molecule has 1 aromatic carbocycles. The van der Waals surface area contributed by atoms with Crippen molar-refractivity contribution in [2.24, 2.45) is 0 Å². The number of aromatic nitrogens is 2. The van der Waals surface area contributed by atoms with E-state index in [1.54, 1.807) is 6.92 Å². The Morgan fingerprint density at radius 2 is 2.08 bits per heavy atom. The number of anilines is 1. The summed E-state index contributed by atoms with van der Waals surface area (Å²) in [6.07, 6.45) is -2.79. The van der Waals surface area contributed by atoms with Crippen LogP contribution in [0.3, 0.4) is 0 Å². The summed E-state index contributed by atoms with van der Waals surface area (Å²) in [5.74, 6) is -0.568. The molecule has 26 heavy (non-hydrogen) atoms. The second kappa shape index (κ2) is 6.42. The smallest absolute Gasteiger partial charge is 0.322 e. The highest BCUT2D eigenvalue weighted by atomic mass is 32.2. The highest BCUT2D eigenvalue weighted by molar-refractivity contribution is 7.91. The average molecular weight is 387 g/mol. The highest BCUT2D eigenvalue weighted by Crippen LogP contribution is 2.31. The van der Waals surface area contributed by atoms with Crippen molar-refractivity contribution >= 4 is 21.4 Å². The Balaban J connectivity index is 1.79. The zero-order chi connectivity index (χ0) is 19.1. The lowest BCUT2D eigenvalue weighted by Gasteiger charge is -2.12. The van der Waals surface area contributed by atoms with E-state index in [-0.39, 0.29) is 28.8 Å². The van der Waals surface area contributed by atoms with Crippen molar-refractivity contribution in [3.8, 4) is 0 Å². The molecule has 0 radical (unpaired) electrons. The number of sulfone groups is 1. The molecule has 2 heterocycles. The molecule has 6 nitrogen and oxygen atoms in total. The fraction of sp³-hybridized carbons (Fsp3) is 0.375. The topological polar surface area (TPSA) is 81.1 Å². The summed E-state index contributed by atoms with van der Waals surface area (Å²) in [4.78, 5) is 12.4. The summed E-state index contributed by atoms with van der Waals surface area (Å²) in [6.45, 7) is 1.62. The van der Waals surface area contributed by atoms with Crippen molar-refractivity contribution in [3.63, 3.8) is 0 Å². The maximum absolute atomic E-state index is 12.8. The first-order chi connectivity index (χ1) is 12.1. The fourth-order valence-electron chi connectivity index (χ4n) is 2.95. The van der Waals surface area contributed by atoms with E-state index >= 15 is 0 Å². The summed E-state index contributed by atoms with van der Waals surface area (Å²) in [7, 11) is -3.11. The van der Waals surface area contributed by atoms with E-state index in [1.807, 2.05) is 0 Å². The molecule has 0 bridgehead atoms. The molecule has 1 amide bonds. The molecule has 1 N–H and O–H groups in total. The van der Waals surface area contributed by atoms with Gasteiger partial charge in [0.25, 0.3) is 5.91 Å². The Morgan fingerprint density at radius 3 is 2.69 bits per heavy atom. The van der Waals surface area contributed by atoms with Gasteiger partial charge in [0, 0.05) is 11.4 Å². The molecule has 1 unspecified atom stereocenters. The van der Waals surface area contributed by atoms with Gasteiger partial charge in [-0.2, -0.15) is 18.3 Å². The lowest BCUT2D eigenvalue weighted by molar-refractivity contribution is -0.137. The van der Waals surface area contributed by atoms with Crippen molar-refractivity contribution in [2.75, 3.05) is 16.8 Å². The summed E-state index contributed by atoms with van der Waals surface area (Å²) in [5, 5.41) is 6.52. The molecule has 1 atom stereocenters. The van der Waals surface area contributed by atoms with Crippen LogP contribution in [-0.2, 0) is 16.0 Å². The molecule has 1 aliphatic heterocycles. The molecule has 0 saturated carbocycles. The minimum atomic E-state index is -4.50. The number of benzene rings is 1.